The van der Waals surface area contributed by atoms with Crippen LogP contribution in [0.25, 0.3) is 0 Å². The quantitative estimate of drug-likeness (QED) is 0.805. The third kappa shape index (κ3) is 4.52. The molecular weight excluding hydrogens is 308 g/mol. The number of benzene rings is 1. The van der Waals surface area contributed by atoms with Crippen molar-refractivity contribution in [2.45, 2.75) is 18.6 Å². The van der Waals surface area contributed by atoms with E-state index in [4.69, 9.17) is 10.5 Å². The fourth-order valence-electron chi connectivity index (χ4n) is 2.19. The zero-order valence-corrected chi connectivity index (χ0v) is 13.8. The second kappa shape index (κ2) is 7.38. The molecule has 1 aliphatic rings. The predicted octanol–water partition coefficient (Wildman–Crippen LogP) is 1.80. The predicted molar refractivity (Wildman–Crippen MR) is 88.2 cm³/mol. The average Bonchev–Trinajstić information content (AvgIpc) is 2.49. The maximum absolute atomic E-state index is 12.3. The van der Waals surface area contributed by atoms with E-state index in [1.54, 1.807) is 16.4 Å². The Labute approximate surface area is 130 Å². The first-order chi connectivity index (χ1) is 10.0. The van der Waals surface area contributed by atoms with E-state index in [0.717, 1.165) is 12.2 Å². The summed E-state index contributed by atoms with van der Waals surface area (Å²) < 4.78 is 31.7. The van der Waals surface area contributed by atoms with Gasteiger partial charge in [-0.05, 0) is 18.6 Å². The molecule has 1 aromatic rings. The van der Waals surface area contributed by atoms with Crippen molar-refractivity contribution in [3.8, 4) is 5.75 Å². The highest BCUT2D eigenvalue weighted by Gasteiger charge is 2.28. The molecule has 7 heteroatoms. The lowest BCUT2D eigenvalue weighted by Crippen LogP contribution is -2.43. The third-order valence-corrected chi connectivity index (χ3v) is 6.64. The lowest BCUT2D eigenvalue weighted by molar-refractivity contribution is 0.335. The SMILES string of the molecule is CCC1CN(S(=O)(=O)CCOc2ccccc2N)CCS1. The number of thioether (sulfide) groups is 1. The van der Waals surface area contributed by atoms with Crippen molar-refractivity contribution in [2.24, 2.45) is 0 Å². The smallest absolute Gasteiger partial charge is 0.217 e. The summed E-state index contributed by atoms with van der Waals surface area (Å²) >= 11 is 1.85. The minimum atomic E-state index is -3.26. The third-order valence-electron chi connectivity index (χ3n) is 3.47. The van der Waals surface area contributed by atoms with Gasteiger partial charge in [0.2, 0.25) is 10.0 Å². The number of anilines is 1. The normalized spacial score (nSPS) is 20.3. The minimum Gasteiger partial charge on any atom is -0.490 e. The molecule has 0 saturated carbocycles. The van der Waals surface area contributed by atoms with E-state index in [-0.39, 0.29) is 12.4 Å². The summed E-state index contributed by atoms with van der Waals surface area (Å²) in [4.78, 5) is 0. The van der Waals surface area contributed by atoms with Crippen LogP contribution in [0.2, 0.25) is 0 Å². The summed E-state index contributed by atoms with van der Waals surface area (Å²) in [5.41, 5.74) is 6.29. The highest BCUT2D eigenvalue weighted by molar-refractivity contribution is 8.00. The van der Waals surface area contributed by atoms with Crippen molar-refractivity contribution in [1.82, 2.24) is 4.31 Å². The van der Waals surface area contributed by atoms with Crippen molar-refractivity contribution >= 4 is 27.5 Å². The van der Waals surface area contributed by atoms with Crippen molar-refractivity contribution in [2.75, 3.05) is 36.9 Å². The summed E-state index contributed by atoms with van der Waals surface area (Å²) in [5, 5.41) is 0.402. The number of nitrogen functional groups attached to an aromatic ring is 1. The summed E-state index contributed by atoms with van der Waals surface area (Å²) in [6.45, 7) is 3.42. The molecule has 1 atom stereocenters. The van der Waals surface area contributed by atoms with E-state index < -0.39 is 10.0 Å². The molecule has 0 spiro atoms. The maximum Gasteiger partial charge on any atom is 0.217 e. The molecule has 2 N–H and O–H groups in total. The van der Waals surface area contributed by atoms with Crippen LogP contribution >= 0.6 is 11.8 Å². The number of ether oxygens (including phenoxy) is 1. The number of rotatable bonds is 6. The standard InChI is InChI=1S/C14H22N2O3S2/c1-2-12-11-16(7-9-20-12)21(17,18)10-8-19-14-6-4-3-5-13(14)15/h3-6,12H,2,7-11,15H2,1H3. The highest BCUT2D eigenvalue weighted by atomic mass is 32.2. The number of para-hydroxylation sites is 2. The molecule has 2 rings (SSSR count). The molecule has 0 aliphatic carbocycles. The molecule has 118 valence electrons. The Morgan fingerprint density at radius 3 is 2.90 bits per heavy atom. The van der Waals surface area contributed by atoms with Gasteiger partial charge in [0, 0.05) is 24.1 Å². The van der Waals surface area contributed by atoms with Crippen LogP contribution < -0.4 is 10.5 Å². The van der Waals surface area contributed by atoms with Crippen LogP contribution in [0.4, 0.5) is 5.69 Å². The Kier molecular flexibility index (Phi) is 5.78. The summed E-state index contributed by atoms with van der Waals surface area (Å²) in [7, 11) is -3.26. The first-order valence-corrected chi connectivity index (χ1v) is 9.75. The van der Waals surface area contributed by atoms with Crippen LogP contribution in [0.15, 0.2) is 24.3 Å². The molecule has 5 nitrogen and oxygen atoms in total. The number of nitrogens with two attached hydrogens (primary N) is 1. The van der Waals surface area contributed by atoms with Crippen molar-refractivity contribution in [3.63, 3.8) is 0 Å². The molecule has 1 aliphatic heterocycles. The van der Waals surface area contributed by atoms with Gasteiger partial charge in [0.05, 0.1) is 11.4 Å². The van der Waals surface area contributed by atoms with E-state index >= 15 is 0 Å². The zero-order chi connectivity index (χ0) is 15.3. The van der Waals surface area contributed by atoms with Gasteiger partial charge in [0.25, 0.3) is 0 Å². The Morgan fingerprint density at radius 1 is 1.43 bits per heavy atom. The van der Waals surface area contributed by atoms with Gasteiger partial charge < -0.3 is 10.5 Å². The Bertz CT molecular complexity index is 563. The van der Waals surface area contributed by atoms with Crippen molar-refractivity contribution in [1.29, 1.82) is 0 Å². The number of sulfonamides is 1. The molecule has 1 unspecified atom stereocenters. The molecule has 1 saturated heterocycles. The highest BCUT2D eigenvalue weighted by Crippen LogP contribution is 2.23. The zero-order valence-electron chi connectivity index (χ0n) is 12.2. The second-order valence-electron chi connectivity index (χ2n) is 4.96. The molecule has 0 bridgehead atoms. The Balaban J connectivity index is 1.88. The molecule has 0 radical (unpaired) electrons. The monoisotopic (exact) mass is 330 g/mol. The topological polar surface area (TPSA) is 72.6 Å². The summed E-state index contributed by atoms with van der Waals surface area (Å²) in [5.74, 6) is 1.39. The number of hydrogen-bond donors (Lipinski definition) is 1. The van der Waals surface area contributed by atoms with Crippen LogP contribution in [0, 0.1) is 0 Å². The first kappa shape index (κ1) is 16.5. The van der Waals surface area contributed by atoms with Gasteiger partial charge in [-0.25, -0.2) is 8.42 Å². The molecule has 1 aromatic carbocycles. The fourth-order valence-corrected chi connectivity index (χ4v) is 4.91. The van der Waals surface area contributed by atoms with Gasteiger partial charge in [0.15, 0.2) is 0 Å². The lowest BCUT2D eigenvalue weighted by atomic mass is 10.3. The van der Waals surface area contributed by atoms with Crippen LogP contribution in [0.3, 0.4) is 0 Å². The van der Waals surface area contributed by atoms with Gasteiger partial charge in [-0.3, -0.25) is 0 Å². The van der Waals surface area contributed by atoms with Crippen LogP contribution in [-0.2, 0) is 10.0 Å². The Morgan fingerprint density at radius 2 is 2.19 bits per heavy atom. The van der Waals surface area contributed by atoms with Gasteiger partial charge in [-0.15, -0.1) is 0 Å². The van der Waals surface area contributed by atoms with E-state index in [1.807, 2.05) is 23.9 Å². The number of hydrogen-bond acceptors (Lipinski definition) is 5. The van der Waals surface area contributed by atoms with E-state index in [0.29, 0.717) is 29.8 Å². The summed E-state index contributed by atoms with van der Waals surface area (Å²) in [6, 6.07) is 7.10. The molecule has 21 heavy (non-hydrogen) atoms. The maximum atomic E-state index is 12.3. The van der Waals surface area contributed by atoms with E-state index in [9.17, 15) is 8.42 Å². The largest absolute Gasteiger partial charge is 0.490 e. The van der Waals surface area contributed by atoms with Gasteiger partial charge in [0.1, 0.15) is 12.4 Å². The molecule has 1 heterocycles. The Hall–Kier alpha value is -0.920. The van der Waals surface area contributed by atoms with Gasteiger partial charge in [-0.1, -0.05) is 19.1 Å². The van der Waals surface area contributed by atoms with Crippen LogP contribution in [0.5, 0.6) is 5.75 Å². The van der Waals surface area contributed by atoms with E-state index in [1.165, 1.54) is 0 Å². The average molecular weight is 330 g/mol. The molecule has 0 amide bonds. The summed E-state index contributed by atoms with van der Waals surface area (Å²) in [6.07, 6.45) is 0.994. The molecule has 1 fully saturated rings. The second-order valence-corrected chi connectivity index (χ2v) is 8.46. The van der Waals surface area contributed by atoms with Gasteiger partial charge in [-0.2, -0.15) is 16.1 Å². The first-order valence-electron chi connectivity index (χ1n) is 7.09. The van der Waals surface area contributed by atoms with Gasteiger partial charge >= 0.3 is 0 Å². The fraction of sp³-hybridized carbons (Fsp3) is 0.571. The van der Waals surface area contributed by atoms with Crippen LogP contribution in [-0.4, -0.2) is 49.2 Å². The van der Waals surface area contributed by atoms with Crippen molar-refractivity contribution in [3.05, 3.63) is 24.3 Å². The van der Waals surface area contributed by atoms with E-state index in [2.05, 4.69) is 6.92 Å². The lowest BCUT2D eigenvalue weighted by Gasteiger charge is -2.31. The van der Waals surface area contributed by atoms with Crippen molar-refractivity contribution < 1.29 is 13.2 Å². The number of nitrogens with zero attached hydrogens (tertiary/aromatic N) is 1. The molecule has 0 aromatic heterocycles. The minimum absolute atomic E-state index is 0.0115. The molecular formula is C14H22N2O3S2. The van der Waals surface area contributed by atoms with Crippen LogP contribution in [0.1, 0.15) is 13.3 Å².